The maximum atomic E-state index is 12.2. The second-order valence-electron chi connectivity index (χ2n) is 3.87. The number of rotatable bonds is 4. The highest BCUT2D eigenvalue weighted by Gasteiger charge is 2.31. The molecule has 0 radical (unpaired) electrons. The molecule has 0 aliphatic heterocycles. The molecular weight excluding hydrogens is 283 g/mol. The summed E-state index contributed by atoms with van der Waals surface area (Å²) in [4.78, 5) is 16.3. The van der Waals surface area contributed by atoms with Crippen LogP contribution in [-0.2, 0) is 0 Å². The minimum absolute atomic E-state index is 0.0437. The van der Waals surface area contributed by atoms with Gasteiger partial charge in [-0.05, 0) is 19.1 Å². The fourth-order valence-electron chi connectivity index (χ4n) is 1.45. The average Bonchev–Trinajstić information content (AvgIpc) is 2.25. The molecule has 0 unspecified atom stereocenters. The first kappa shape index (κ1) is 15.6. The number of nitrogens with zero attached hydrogens (tertiary/aromatic N) is 2. The van der Waals surface area contributed by atoms with Gasteiger partial charge >= 0.3 is 6.18 Å². The monoisotopic (exact) mass is 295 g/mol. The zero-order valence-electron chi connectivity index (χ0n) is 10.4. The third-order valence-corrected chi connectivity index (χ3v) is 2.36. The zero-order valence-corrected chi connectivity index (χ0v) is 11.1. The molecular formula is C11H13ClF3N3O. The number of nitrogens with one attached hydrogen (secondary N) is 1. The summed E-state index contributed by atoms with van der Waals surface area (Å²) in [5.74, 6) is -0.417. The van der Waals surface area contributed by atoms with Gasteiger partial charge in [-0.1, -0.05) is 11.6 Å². The Balaban J connectivity index is 2.92. The highest BCUT2D eigenvalue weighted by atomic mass is 35.5. The standard InChI is InChI=1S/C11H13ClF3N3O/c1-3-16-9-5-7(4-8(12)17-9)10(19)18(2)6-11(13,14)15/h4-5H,3,6H2,1-2H3,(H,16,17). The van der Waals surface area contributed by atoms with Crippen LogP contribution in [0.4, 0.5) is 19.0 Å². The minimum atomic E-state index is -4.44. The van der Waals surface area contributed by atoms with Crippen LogP contribution in [0.2, 0.25) is 5.15 Å². The van der Waals surface area contributed by atoms with Crippen molar-refractivity contribution in [2.45, 2.75) is 13.1 Å². The quantitative estimate of drug-likeness (QED) is 0.869. The van der Waals surface area contributed by atoms with Gasteiger partial charge < -0.3 is 10.2 Å². The van der Waals surface area contributed by atoms with Gasteiger partial charge in [-0.25, -0.2) is 4.98 Å². The number of hydrogen-bond donors (Lipinski definition) is 1. The van der Waals surface area contributed by atoms with Crippen LogP contribution in [0, 0.1) is 0 Å². The smallest absolute Gasteiger partial charge is 0.370 e. The molecule has 1 rings (SSSR count). The van der Waals surface area contributed by atoms with Gasteiger partial charge in [0.2, 0.25) is 0 Å². The van der Waals surface area contributed by atoms with Crippen LogP contribution in [0.15, 0.2) is 12.1 Å². The van der Waals surface area contributed by atoms with E-state index in [0.29, 0.717) is 17.3 Å². The lowest BCUT2D eigenvalue weighted by atomic mass is 10.2. The first-order valence-electron chi connectivity index (χ1n) is 5.46. The van der Waals surface area contributed by atoms with Crippen LogP contribution >= 0.6 is 11.6 Å². The molecule has 0 saturated heterocycles. The van der Waals surface area contributed by atoms with Crippen molar-refractivity contribution >= 4 is 23.3 Å². The molecule has 106 valence electrons. The molecule has 1 amide bonds. The second-order valence-corrected chi connectivity index (χ2v) is 4.26. The Morgan fingerprint density at radius 2 is 2.11 bits per heavy atom. The lowest BCUT2D eigenvalue weighted by molar-refractivity contribution is -0.138. The molecule has 0 aromatic carbocycles. The first-order chi connectivity index (χ1) is 8.73. The molecule has 1 N–H and O–H groups in total. The van der Waals surface area contributed by atoms with Gasteiger partial charge in [0.05, 0.1) is 0 Å². The maximum Gasteiger partial charge on any atom is 0.406 e. The molecule has 4 nitrogen and oxygen atoms in total. The highest BCUT2D eigenvalue weighted by Crippen LogP contribution is 2.19. The summed E-state index contributed by atoms with van der Waals surface area (Å²) in [6.07, 6.45) is -4.44. The van der Waals surface area contributed by atoms with Crippen LogP contribution in [0.5, 0.6) is 0 Å². The number of carbonyl (C=O) groups is 1. The van der Waals surface area contributed by atoms with Gasteiger partial charge in [0.15, 0.2) is 0 Å². The molecule has 0 spiro atoms. The summed E-state index contributed by atoms with van der Waals surface area (Å²) >= 11 is 5.72. The Kier molecular flexibility index (Phi) is 4.99. The zero-order chi connectivity index (χ0) is 14.6. The van der Waals surface area contributed by atoms with Crippen LogP contribution in [0.3, 0.4) is 0 Å². The maximum absolute atomic E-state index is 12.2. The van der Waals surface area contributed by atoms with Gasteiger partial charge in [-0.15, -0.1) is 0 Å². The van der Waals surface area contributed by atoms with E-state index in [-0.39, 0.29) is 10.7 Å². The van der Waals surface area contributed by atoms with E-state index in [4.69, 9.17) is 11.6 Å². The molecule has 0 aliphatic rings. The lowest BCUT2D eigenvalue weighted by Gasteiger charge is -2.19. The van der Waals surface area contributed by atoms with Crippen molar-refractivity contribution in [1.82, 2.24) is 9.88 Å². The highest BCUT2D eigenvalue weighted by molar-refractivity contribution is 6.29. The van der Waals surface area contributed by atoms with E-state index in [0.717, 1.165) is 7.05 Å². The van der Waals surface area contributed by atoms with E-state index in [1.165, 1.54) is 12.1 Å². The summed E-state index contributed by atoms with van der Waals surface area (Å²) in [5.41, 5.74) is 0.0581. The average molecular weight is 296 g/mol. The summed E-state index contributed by atoms with van der Waals surface area (Å²) in [6.45, 7) is 1.06. The second kappa shape index (κ2) is 6.10. The van der Waals surface area contributed by atoms with Gasteiger partial charge in [0.25, 0.3) is 5.91 Å². The van der Waals surface area contributed by atoms with E-state index in [1.807, 2.05) is 6.92 Å². The van der Waals surface area contributed by atoms with Gasteiger partial charge in [0, 0.05) is 19.2 Å². The number of halogens is 4. The molecule has 0 aliphatic carbocycles. The number of hydrogen-bond acceptors (Lipinski definition) is 3. The third-order valence-electron chi connectivity index (χ3n) is 2.16. The van der Waals surface area contributed by atoms with E-state index < -0.39 is 18.6 Å². The first-order valence-corrected chi connectivity index (χ1v) is 5.84. The van der Waals surface area contributed by atoms with Gasteiger partial charge in [-0.3, -0.25) is 4.79 Å². The number of aromatic nitrogens is 1. The number of anilines is 1. The molecule has 1 aromatic heterocycles. The number of carbonyl (C=O) groups excluding carboxylic acids is 1. The lowest BCUT2D eigenvalue weighted by Crippen LogP contribution is -2.35. The predicted octanol–water partition coefficient (Wildman–Crippen LogP) is 2.80. The van der Waals surface area contributed by atoms with Crippen molar-refractivity contribution in [3.8, 4) is 0 Å². The van der Waals surface area contributed by atoms with Crippen molar-refractivity contribution < 1.29 is 18.0 Å². The summed E-state index contributed by atoms with van der Waals surface area (Å²) in [5, 5.41) is 2.89. The van der Waals surface area contributed by atoms with E-state index in [2.05, 4.69) is 10.3 Å². The van der Waals surface area contributed by atoms with Crippen molar-refractivity contribution in [3.63, 3.8) is 0 Å². The summed E-state index contributed by atoms with van der Waals surface area (Å²) < 4.78 is 36.7. The minimum Gasteiger partial charge on any atom is -0.370 e. The molecule has 1 heterocycles. The fraction of sp³-hybridized carbons (Fsp3) is 0.455. The van der Waals surface area contributed by atoms with Gasteiger partial charge in [-0.2, -0.15) is 13.2 Å². The number of alkyl halides is 3. The van der Waals surface area contributed by atoms with Crippen molar-refractivity contribution in [2.24, 2.45) is 0 Å². The van der Waals surface area contributed by atoms with Crippen LogP contribution in [-0.4, -0.2) is 42.1 Å². The molecule has 1 aromatic rings. The molecule has 0 atom stereocenters. The Labute approximate surface area is 113 Å². The fourth-order valence-corrected chi connectivity index (χ4v) is 1.66. The molecule has 19 heavy (non-hydrogen) atoms. The van der Waals surface area contributed by atoms with Crippen LogP contribution in [0.1, 0.15) is 17.3 Å². The largest absolute Gasteiger partial charge is 0.406 e. The van der Waals surface area contributed by atoms with E-state index in [1.54, 1.807) is 0 Å². The molecule has 8 heteroatoms. The summed E-state index contributed by atoms with van der Waals surface area (Å²) in [6, 6.07) is 2.60. The van der Waals surface area contributed by atoms with Crippen molar-refractivity contribution in [2.75, 3.05) is 25.5 Å². The number of amides is 1. The molecule has 0 fully saturated rings. The third kappa shape index (κ3) is 4.94. The van der Waals surface area contributed by atoms with Crippen LogP contribution < -0.4 is 5.32 Å². The van der Waals surface area contributed by atoms with Gasteiger partial charge in [0.1, 0.15) is 17.5 Å². The predicted molar refractivity (Wildman–Crippen MR) is 66.4 cm³/mol. The Morgan fingerprint density at radius 1 is 1.47 bits per heavy atom. The normalized spacial score (nSPS) is 11.3. The Hall–Kier alpha value is -1.50. The molecule has 0 saturated carbocycles. The Morgan fingerprint density at radius 3 is 2.63 bits per heavy atom. The van der Waals surface area contributed by atoms with Crippen molar-refractivity contribution in [3.05, 3.63) is 22.8 Å². The topological polar surface area (TPSA) is 45.2 Å². The van der Waals surface area contributed by atoms with Crippen LogP contribution in [0.25, 0.3) is 0 Å². The molecule has 0 bridgehead atoms. The Bertz CT molecular complexity index is 465. The van der Waals surface area contributed by atoms with E-state index >= 15 is 0 Å². The van der Waals surface area contributed by atoms with Crippen molar-refractivity contribution in [1.29, 1.82) is 0 Å². The summed E-state index contributed by atoms with van der Waals surface area (Å²) in [7, 11) is 1.08. The number of pyridine rings is 1. The van der Waals surface area contributed by atoms with E-state index in [9.17, 15) is 18.0 Å². The SMILES string of the molecule is CCNc1cc(C(=O)N(C)CC(F)(F)F)cc(Cl)n1.